The fraction of sp³-hybridized carbons (Fsp3) is 0.560. The van der Waals surface area contributed by atoms with Crippen LogP contribution in [0, 0.1) is 11.3 Å². The van der Waals surface area contributed by atoms with E-state index in [9.17, 15) is 9.59 Å². The molecule has 0 bridgehead atoms. The Kier molecular flexibility index (Phi) is 6.33. The highest BCUT2D eigenvalue weighted by molar-refractivity contribution is 6.42. The summed E-state index contributed by atoms with van der Waals surface area (Å²) in [5.74, 6) is -1.50. The Morgan fingerprint density at radius 1 is 1.13 bits per heavy atom. The monoisotopic (exact) mass is 461 g/mol. The van der Waals surface area contributed by atoms with E-state index in [4.69, 9.17) is 32.9 Å². The summed E-state index contributed by atoms with van der Waals surface area (Å²) in [6, 6.07) is 5.38. The zero-order valence-electron chi connectivity index (χ0n) is 18.3. The van der Waals surface area contributed by atoms with E-state index < -0.39 is 11.8 Å². The van der Waals surface area contributed by atoms with Gasteiger partial charge in [-0.2, -0.15) is 0 Å². The molecule has 0 saturated heterocycles. The third-order valence-corrected chi connectivity index (χ3v) is 7.54. The number of ether oxygens (including phenoxy) is 1. The molecule has 166 valence electrons. The van der Waals surface area contributed by atoms with Crippen molar-refractivity contribution in [2.75, 3.05) is 0 Å². The van der Waals surface area contributed by atoms with Crippen molar-refractivity contribution in [2.45, 2.75) is 77.7 Å². The van der Waals surface area contributed by atoms with Gasteiger partial charge in [-0.05, 0) is 56.1 Å². The molecule has 4 nitrogen and oxygen atoms in total. The van der Waals surface area contributed by atoms with Crippen LogP contribution in [0.4, 0.5) is 0 Å². The number of ketones is 1. The van der Waals surface area contributed by atoms with E-state index in [1.165, 1.54) is 6.42 Å². The molecule has 1 aliphatic heterocycles. The molecule has 6 heteroatoms. The Balaban J connectivity index is 1.79. The number of hydrogen-bond acceptors (Lipinski definition) is 4. The SMILES string of the molecule is CC1=NC2=C(C(=O)CC(C)(C)C2)[C@H](c2cccc(Cl)c2Cl)C1C(=O)OC1CCCCC1. The molecule has 2 atom stereocenters. The van der Waals surface area contributed by atoms with Gasteiger partial charge in [-0.3, -0.25) is 14.6 Å². The fourth-order valence-electron chi connectivity index (χ4n) is 5.27. The highest BCUT2D eigenvalue weighted by Gasteiger charge is 2.47. The Hall–Kier alpha value is -1.65. The molecular weight excluding hydrogens is 433 g/mol. The number of nitrogens with zero attached hydrogens (tertiary/aromatic N) is 1. The Morgan fingerprint density at radius 2 is 1.84 bits per heavy atom. The van der Waals surface area contributed by atoms with Crippen LogP contribution in [-0.4, -0.2) is 23.6 Å². The smallest absolute Gasteiger partial charge is 0.315 e. The number of halogens is 2. The number of carbonyl (C=O) groups excluding carboxylic acids is 2. The van der Waals surface area contributed by atoms with Gasteiger partial charge in [-0.25, -0.2) is 0 Å². The van der Waals surface area contributed by atoms with Crippen LogP contribution in [0.3, 0.4) is 0 Å². The van der Waals surface area contributed by atoms with E-state index >= 15 is 0 Å². The summed E-state index contributed by atoms with van der Waals surface area (Å²) >= 11 is 12.9. The lowest BCUT2D eigenvalue weighted by Gasteiger charge is -2.39. The number of esters is 1. The first-order chi connectivity index (χ1) is 14.7. The second-order valence-electron chi connectivity index (χ2n) is 9.85. The molecule has 3 aliphatic rings. The molecule has 1 aromatic rings. The molecule has 2 aliphatic carbocycles. The molecule has 0 aromatic heterocycles. The maximum absolute atomic E-state index is 13.5. The summed E-state index contributed by atoms with van der Waals surface area (Å²) in [6.07, 6.45) is 6.13. The van der Waals surface area contributed by atoms with Crippen molar-refractivity contribution in [3.8, 4) is 0 Å². The summed E-state index contributed by atoms with van der Waals surface area (Å²) in [4.78, 5) is 31.6. The molecule has 0 N–H and O–H groups in total. The predicted molar refractivity (Wildman–Crippen MR) is 124 cm³/mol. The van der Waals surface area contributed by atoms with Crippen molar-refractivity contribution in [3.05, 3.63) is 45.1 Å². The normalized spacial score (nSPS) is 26.4. The lowest BCUT2D eigenvalue weighted by Crippen LogP contribution is -2.40. The summed E-state index contributed by atoms with van der Waals surface area (Å²) < 4.78 is 5.95. The number of rotatable bonds is 3. The standard InChI is InChI=1S/C25H29Cl2NO3/c1-14-20(24(30)31-15-8-5-4-6-9-15)21(16-10-7-11-17(26)23(16)27)22-18(28-14)12-25(2,3)13-19(22)29/h7,10-11,15,20-21H,4-6,8-9,12-13H2,1-3H3/t20?,21-/m1/s1. The Labute approximate surface area is 194 Å². The fourth-order valence-corrected chi connectivity index (χ4v) is 5.69. The van der Waals surface area contributed by atoms with Crippen LogP contribution in [0.15, 0.2) is 34.5 Å². The summed E-state index contributed by atoms with van der Waals surface area (Å²) in [6.45, 7) is 6.00. The van der Waals surface area contributed by atoms with Gasteiger partial charge in [0.05, 0.1) is 10.0 Å². The Morgan fingerprint density at radius 3 is 2.55 bits per heavy atom. The number of allylic oxidation sites excluding steroid dienone is 2. The lowest BCUT2D eigenvalue weighted by atomic mass is 9.67. The van der Waals surface area contributed by atoms with Gasteiger partial charge < -0.3 is 4.74 Å². The predicted octanol–water partition coefficient (Wildman–Crippen LogP) is 6.69. The first-order valence-corrected chi connectivity index (χ1v) is 11.9. The summed E-state index contributed by atoms with van der Waals surface area (Å²) in [5.41, 5.74) is 2.56. The average molecular weight is 462 g/mol. The number of hydrogen-bond donors (Lipinski definition) is 0. The number of benzene rings is 1. The minimum absolute atomic E-state index is 0.0269. The molecule has 31 heavy (non-hydrogen) atoms. The van der Waals surface area contributed by atoms with Crippen molar-refractivity contribution in [3.63, 3.8) is 0 Å². The molecule has 0 spiro atoms. The first-order valence-electron chi connectivity index (χ1n) is 11.1. The van der Waals surface area contributed by atoms with Gasteiger partial charge in [-0.15, -0.1) is 0 Å². The van der Waals surface area contributed by atoms with Crippen LogP contribution in [-0.2, 0) is 14.3 Å². The minimum atomic E-state index is -0.679. The van der Waals surface area contributed by atoms with Gasteiger partial charge in [0.15, 0.2) is 5.78 Å². The lowest BCUT2D eigenvalue weighted by molar-refractivity contribution is -0.153. The van der Waals surface area contributed by atoms with Gasteiger partial charge in [0.25, 0.3) is 0 Å². The molecule has 4 rings (SSSR count). The second-order valence-corrected chi connectivity index (χ2v) is 10.6. The highest BCUT2D eigenvalue weighted by atomic mass is 35.5. The Bertz CT molecular complexity index is 973. The van der Waals surface area contributed by atoms with E-state index in [1.54, 1.807) is 6.07 Å². The van der Waals surface area contributed by atoms with E-state index in [1.807, 2.05) is 19.1 Å². The molecule has 1 unspecified atom stereocenters. The van der Waals surface area contributed by atoms with Gasteiger partial charge in [0.1, 0.15) is 12.0 Å². The summed E-state index contributed by atoms with van der Waals surface area (Å²) in [7, 11) is 0. The van der Waals surface area contributed by atoms with Crippen molar-refractivity contribution in [1.29, 1.82) is 0 Å². The molecule has 1 fully saturated rings. The van der Waals surface area contributed by atoms with Crippen molar-refractivity contribution in [2.24, 2.45) is 16.3 Å². The number of carbonyl (C=O) groups is 2. The number of aliphatic imine (C=N–C) groups is 1. The average Bonchev–Trinajstić information content (AvgIpc) is 2.68. The molecule has 1 heterocycles. The van der Waals surface area contributed by atoms with Crippen molar-refractivity contribution >= 4 is 40.7 Å². The zero-order chi connectivity index (χ0) is 22.3. The van der Waals surface area contributed by atoms with Gasteiger partial charge in [0.2, 0.25) is 0 Å². The highest BCUT2D eigenvalue weighted by Crippen LogP contribution is 2.50. The first kappa shape index (κ1) is 22.5. The van der Waals surface area contributed by atoms with E-state index in [2.05, 4.69) is 13.8 Å². The third kappa shape index (κ3) is 4.47. The van der Waals surface area contributed by atoms with Crippen molar-refractivity contribution in [1.82, 2.24) is 0 Å². The topological polar surface area (TPSA) is 55.7 Å². The third-order valence-electron chi connectivity index (χ3n) is 6.71. The van der Waals surface area contributed by atoms with Crippen LogP contribution in [0.25, 0.3) is 0 Å². The van der Waals surface area contributed by atoms with E-state index in [-0.39, 0.29) is 23.3 Å². The maximum Gasteiger partial charge on any atom is 0.315 e. The molecule has 0 amide bonds. The summed E-state index contributed by atoms with van der Waals surface area (Å²) in [5, 5.41) is 0.785. The van der Waals surface area contributed by atoms with Crippen LogP contribution >= 0.6 is 23.2 Å². The van der Waals surface area contributed by atoms with Gasteiger partial charge in [0, 0.05) is 29.3 Å². The molecule has 1 aromatic carbocycles. The number of Topliss-reactive ketones (excluding diaryl/α,β-unsaturated/α-hetero) is 1. The largest absolute Gasteiger partial charge is 0.462 e. The second kappa shape index (κ2) is 8.71. The maximum atomic E-state index is 13.5. The van der Waals surface area contributed by atoms with Crippen molar-refractivity contribution < 1.29 is 14.3 Å². The van der Waals surface area contributed by atoms with Crippen LogP contribution in [0.5, 0.6) is 0 Å². The molecule has 0 radical (unpaired) electrons. The van der Waals surface area contributed by atoms with Crippen LogP contribution in [0.1, 0.15) is 77.2 Å². The van der Waals surface area contributed by atoms with Crippen LogP contribution < -0.4 is 0 Å². The van der Waals surface area contributed by atoms with E-state index in [0.717, 1.165) is 31.4 Å². The molecule has 1 saturated carbocycles. The van der Waals surface area contributed by atoms with Crippen LogP contribution in [0.2, 0.25) is 10.0 Å². The van der Waals surface area contributed by atoms with Gasteiger partial charge in [-0.1, -0.05) is 55.6 Å². The minimum Gasteiger partial charge on any atom is -0.462 e. The quantitative estimate of drug-likeness (QED) is 0.471. The zero-order valence-corrected chi connectivity index (χ0v) is 19.9. The van der Waals surface area contributed by atoms with Gasteiger partial charge >= 0.3 is 5.97 Å². The van der Waals surface area contributed by atoms with E-state index in [0.29, 0.717) is 39.7 Å². The molecular formula is C25H29Cl2NO3.